The van der Waals surface area contributed by atoms with E-state index in [1.807, 2.05) is 24.3 Å². The predicted octanol–water partition coefficient (Wildman–Crippen LogP) is 3.59. The maximum atomic E-state index is 10.4. The van der Waals surface area contributed by atoms with Crippen molar-refractivity contribution in [3.8, 4) is 5.75 Å². The summed E-state index contributed by atoms with van der Waals surface area (Å²) in [6.07, 6.45) is 0. The van der Waals surface area contributed by atoms with Crippen LogP contribution in [0.1, 0.15) is 0 Å². The summed E-state index contributed by atoms with van der Waals surface area (Å²) < 4.78 is 0. The highest BCUT2D eigenvalue weighted by Gasteiger charge is 2.47. The molecule has 0 heterocycles. The Morgan fingerprint density at radius 2 is 0.926 bits per heavy atom. The summed E-state index contributed by atoms with van der Waals surface area (Å²) in [4.78, 5) is 0. The molecule has 4 aromatic rings. The first-order valence-corrected chi connectivity index (χ1v) is 10.7. The van der Waals surface area contributed by atoms with Crippen LogP contribution in [0.2, 0.25) is 0 Å². The molecule has 0 atom stereocenters. The Balaban J connectivity index is 2.14. The van der Waals surface area contributed by atoms with Crippen LogP contribution in [0.4, 0.5) is 5.69 Å². The molecule has 0 bridgehead atoms. The lowest BCUT2D eigenvalue weighted by Gasteiger charge is -2.27. The lowest BCUT2D eigenvalue weighted by atomic mass is 10.3. The molecule has 0 aromatic heterocycles. The van der Waals surface area contributed by atoms with Crippen LogP contribution in [-0.2, 0) is 0 Å². The van der Waals surface area contributed by atoms with Gasteiger partial charge in [0, 0.05) is 6.07 Å². The summed E-state index contributed by atoms with van der Waals surface area (Å²) in [7, 11) is -2.17. The van der Waals surface area contributed by atoms with Crippen LogP contribution in [0.3, 0.4) is 0 Å². The third-order valence-electron chi connectivity index (χ3n) is 4.83. The van der Waals surface area contributed by atoms with Crippen LogP contribution in [0.15, 0.2) is 109 Å². The van der Waals surface area contributed by atoms with Gasteiger partial charge in [-0.05, 0) is 48.5 Å². The predicted molar refractivity (Wildman–Crippen MR) is 117 cm³/mol. The van der Waals surface area contributed by atoms with Crippen molar-refractivity contribution in [2.24, 2.45) is 0 Å². The molecule has 4 rings (SSSR count). The van der Waals surface area contributed by atoms with Gasteiger partial charge in [0.05, 0.1) is 5.69 Å². The molecule has 4 aromatic carbocycles. The van der Waals surface area contributed by atoms with Crippen LogP contribution in [0.25, 0.3) is 0 Å². The highest BCUT2D eigenvalue weighted by atomic mass is 31.2. The second-order valence-corrected chi connectivity index (χ2v) is 9.83. The van der Waals surface area contributed by atoms with Gasteiger partial charge in [-0.25, -0.2) is 0 Å². The van der Waals surface area contributed by atoms with E-state index in [4.69, 9.17) is 5.73 Å². The molecule has 0 amide bonds. The number of phenolic OH excluding ortho intramolecular Hbond substituents is 1. The smallest absolute Gasteiger partial charge is 0.144 e. The summed E-state index contributed by atoms with van der Waals surface area (Å²) in [6, 6.07) is 37.3. The van der Waals surface area contributed by atoms with Crippen molar-refractivity contribution >= 4 is 34.2 Å². The van der Waals surface area contributed by atoms with Crippen molar-refractivity contribution < 1.29 is 5.11 Å². The first-order chi connectivity index (χ1) is 13.2. The number of hydrogen-bond acceptors (Lipinski definition) is 2. The molecule has 0 aliphatic rings. The highest BCUT2D eigenvalue weighted by Crippen LogP contribution is 2.54. The van der Waals surface area contributed by atoms with Crippen molar-refractivity contribution in [2.45, 2.75) is 0 Å². The monoisotopic (exact) mass is 370 g/mol. The van der Waals surface area contributed by atoms with Gasteiger partial charge in [-0.1, -0.05) is 54.6 Å². The third-order valence-corrected chi connectivity index (χ3v) is 9.10. The van der Waals surface area contributed by atoms with Crippen LogP contribution in [-0.4, -0.2) is 5.11 Å². The zero-order valence-corrected chi connectivity index (χ0v) is 15.8. The van der Waals surface area contributed by atoms with Gasteiger partial charge in [0.15, 0.2) is 0 Å². The first-order valence-electron chi connectivity index (χ1n) is 8.88. The second kappa shape index (κ2) is 7.26. The second-order valence-electron chi connectivity index (χ2n) is 6.42. The molecule has 2 nitrogen and oxygen atoms in total. The summed E-state index contributed by atoms with van der Waals surface area (Å²) in [5.41, 5.74) is 6.30. The highest BCUT2D eigenvalue weighted by molar-refractivity contribution is 8.01. The van der Waals surface area contributed by atoms with Gasteiger partial charge in [-0.2, -0.15) is 0 Å². The zero-order chi connectivity index (χ0) is 18.7. The molecule has 132 valence electrons. The van der Waals surface area contributed by atoms with E-state index in [9.17, 15) is 5.11 Å². The van der Waals surface area contributed by atoms with Crippen molar-refractivity contribution in [2.75, 3.05) is 5.73 Å². The fourth-order valence-electron chi connectivity index (χ4n) is 3.59. The van der Waals surface area contributed by atoms with E-state index in [0.717, 1.165) is 5.30 Å². The third kappa shape index (κ3) is 2.99. The Morgan fingerprint density at radius 3 is 1.30 bits per heavy atom. The normalized spacial score (nSPS) is 11.3. The fourth-order valence-corrected chi connectivity index (χ4v) is 7.85. The van der Waals surface area contributed by atoms with Gasteiger partial charge in [0.25, 0.3) is 0 Å². The Bertz CT molecular complexity index is 937. The maximum Gasteiger partial charge on any atom is 0.144 e. The number of phenols is 1. The molecule has 27 heavy (non-hydrogen) atoms. The summed E-state index contributed by atoms with van der Waals surface area (Å²) >= 11 is 0. The first kappa shape index (κ1) is 17.3. The number of nitrogen functional groups attached to an aromatic ring is 1. The Morgan fingerprint density at radius 1 is 0.519 bits per heavy atom. The van der Waals surface area contributed by atoms with E-state index in [1.165, 1.54) is 15.9 Å². The van der Waals surface area contributed by atoms with E-state index in [1.54, 1.807) is 6.07 Å². The Hall–Kier alpha value is -3.09. The molecule has 0 radical (unpaired) electrons. The van der Waals surface area contributed by atoms with Crippen LogP contribution >= 0.6 is 7.26 Å². The van der Waals surface area contributed by atoms with Crippen molar-refractivity contribution in [3.63, 3.8) is 0 Å². The molecule has 0 aliphatic heterocycles. The Labute approximate surface area is 160 Å². The van der Waals surface area contributed by atoms with Crippen molar-refractivity contribution in [3.05, 3.63) is 109 Å². The number of rotatable bonds is 4. The van der Waals surface area contributed by atoms with E-state index < -0.39 is 7.26 Å². The molecule has 0 spiro atoms. The minimum atomic E-state index is -2.17. The summed E-state index contributed by atoms with van der Waals surface area (Å²) in [6.45, 7) is 0. The minimum absolute atomic E-state index is 0.125. The van der Waals surface area contributed by atoms with Crippen LogP contribution in [0, 0.1) is 0 Å². The van der Waals surface area contributed by atoms with E-state index in [-0.39, 0.29) is 5.75 Å². The van der Waals surface area contributed by atoms with Gasteiger partial charge >= 0.3 is 0 Å². The fraction of sp³-hybridized carbons (Fsp3) is 0. The van der Waals surface area contributed by atoms with Gasteiger partial charge in [-0.15, -0.1) is 0 Å². The number of nitrogens with two attached hydrogens (primary N) is 1. The molecule has 0 unspecified atom stereocenters. The average Bonchev–Trinajstić information content (AvgIpc) is 2.74. The molecule has 3 N–H and O–H groups in total. The van der Waals surface area contributed by atoms with Gasteiger partial charge < -0.3 is 10.8 Å². The maximum absolute atomic E-state index is 10.4. The lowest BCUT2D eigenvalue weighted by Crippen LogP contribution is -2.38. The lowest BCUT2D eigenvalue weighted by molar-refractivity contribution is 0.478. The van der Waals surface area contributed by atoms with Crippen LogP contribution in [0.5, 0.6) is 5.75 Å². The number of benzene rings is 4. The van der Waals surface area contributed by atoms with Gasteiger partial charge in [-0.3, -0.25) is 0 Å². The van der Waals surface area contributed by atoms with E-state index in [0.29, 0.717) is 5.69 Å². The number of aromatic hydroxyl groups is 1. The summed E-state index contributed by atoms with van der Waals surface area (Å²) in [5, 5.41) is 15.2. The van der Waals surface area contributed by atoms with Gasteiger partial charge in [0.1, 0.15) is 34.2 Å². The van der Waals surface area contributed by atoms with Crippen molar-refractivity contribution in [1.82, 2.24) is 0 Å². The molecular weight excluding hydrogens is 349 g/mol. The van der Waals surface area contributed by atoms with E-state index in [2.05, 4.69) is 78.9 Å². The number of hydrogen-bond donors (Lipinski definition) is 2. The molecule has 0 aliphatic carbocycles. The molecule has 0 fully saturated rings. The van der Waals surface area contributed by atoms with Crippen molar-refractivity contribution in [1.29, 1.82) is 0 Å². The quantitative estimate of drug-likeness (QED) is 0.328. The molecular formula is C24H21NOP+. The van der Waals surface area contributed by atoms with E-state index >= 15 is 0 Å². The molecule has 3 heteroatoms. The van der Waals surface area contributed by atoms with Crippen LogP contribution < -0.4 is 27.0 Å². The standard InChI is InChI=1S/C24H20NOP/c25-23-17-16-22(18-24(23)26)27(19-10-4-1-5-11-19,20-12-6-2-7-13-20)21-14-8-3-9-15-21/h1-18H,25H2/p+1. The minimum Gasteiger partial charge on any atom is -0.506 e. The number of anilines is 1. The molecule has 0 saturated heterocycles. The largest absolute Gasteiger partial charge is 0.506 e. The topological polar surface area (TPSA) is 46.2 Å². The van der Waals surface area contributed by atoms with Gasteiger partial charge in [0.2, 0.25) is 0 Å². The zero-order valence-electron chi connectivity index (χ0n) is 14.9. The molecule has 0 saturated carbocycles. The SMILES string of the molecule is Nc1ccc([P+](c2ccccc2)(c2ccccc2)c2ccccc2)cc1O. The average molecular weight is 370 g/mol. The summed E-state index contributed by atoms with van der Waals surface area (Å²) in [5.74, 6) is 0.125. The Kier molecular flexibility index (Phi) is 4.66.